The summed E-state index contributed by atoms with van der Waals surface area (Å²) in [6.45, 7) is 4.13. The van der Waals surface area contributed by atoms with E-state index in [0.29, 0.717) is 6.54 Å². The van der Waals surface area contributed by atoms with Crippen molar-refractivity contribution in [1.29, 1.82) is 0 Å². The molecule has 0 saturated carbocycles. The fourth-order valence-corrected chi connectivity index (χ4v) is 3.18. The first-order chi connectivity index (χ1) is 9.75. The number of para-hydroxylation sites is 1. The predicted octanol–water partition coefficient (Wildman–Crippen LogP) is 1.73. The standard InChI is InChI=1S/C16H22N2O2/c1-12-9-13-5-2-3-7-15(13)18(12)16(19)11-17-10-14-6-4-8-20-14/h2-3,5,7,12,14,17H,4,6,8-11H2,1H3/t12-,14+/m1/s1. The van der Waals surface area contributed by atoms with Gasteiger partial charge in [-0.15, -0.1) is 0 Å². The molecule has 0 aromatic heterocycles. The number of carbonyl (C=O) groups excluding carboxylic acids is 1. The van der Waals surface area contributed by atoms with Crippen LogP contribution in [-0.2, 0) is 16.0 Å². The number of hydrogen-bond acceptors (Lipinski definition) is 3. The van der Waals surface area contributed by atoms with Gasteiger partial charge in [-0.1, -0.05) is 18.2 Å². The number of anilines is 1. The number of hydrogen-bond donors (Lipinski definition) is 1. The Kier molecular flexibility index (Phi) is 4.03. The second kappa shape index (κ2) is 5.94. The maximum atomic E-state index is 12.4. The molecule has 2 aliphatic heterocycles. The summed E-state index contributed by atoms with van der Waals surface area (Å²) in [7, 11) is 0. The highest BCUT2D eigenvalue weighted by molar-refractivity contribution is 5.97. The number of carbonyl (C=O) groups is 1. The van der Waals surface area contributed by atoms with Gasteiger partial charge >= 0.3 is 0 Å². The van der Waals surface area contributed by atoms with E-state index in [1.165, 1.54) is 5.56 Å². The zero-order chi connectivity index (χ0) is 13.9. The zero-order valence-electron chi connectivity index (χ0n) is 12.0. The van der Waals surface area contributed by atoms with Crippen LogP contribution in [0.25, 0.3) is 0 Å². The van der Waals surface area contributed by atoms with Crippen molar-refractivity contribution < 1.29 is 9.53 Å². The Morgan fingerprint density at radius 2 is 2.30 bits per heavy atom. The van der Waals surface area contributed by atoms with Crippen molar-refractivity contribution in [3.63, 3.8) is 0 Å². The summed E-state index contributed by atoms with van der Waals surface area (Å²) < 4.78 is 5.55. The lowest BCUT2D eigenvalue weighted by atomic mass is 10.1. The van der Waals surface area contributed by atoms with Crippen LogP contribution in [0.1, 0.15) is 25.3 Å². The number of benzene rings is 1. The van der Waals surface area contributed by atoms with Gasteiger partial charge in [0.15, 0.2) is 0 Å². The molecule has 2 heterocycles. The van der Waals surface area contributed by atoms with Gasteiger partial charge in [0.25, 0.3) is 0 Å². The highest BCUT2D eigenvalue weighted by Gasteiger charge is 2.30. The third kappa shape index (κ3) is 2.72. The summed E-state index contributed by atoms with van der Waals surface area (Å²) in [5.41, 5.74) is 2.34. The van der Waals surface area contributed by atoms with Gasteiger partial charge in [0, 0.05) is 24.9 Å². The van der Waals surface area contributed by atoms with Crippen LogP contribution >= 0.6 is 0 Å². The smallest absolute Gasteiger partial charge is 0.241 e. The predicted molar refractivity (Wildman–Crippen MR) is 78.9 cm³/mol. The van der Waals surface area contributed by atoms with Crippen molar-refractivity contribution in [3.05, 3.63) is 29.8 Å². The van der Waals surface area contributed by atoms with Crippen LogP contribution in [0.2, 0.25) is 0 Å². The van der Waals surface area contributed by atoms with E-state index < -0.39 is 0 Å². The maximum Gasteiger partial charge on any atom is 0.241 e. The number of ether oxygens (including phenoxy) is 1. The Hall–Kier alpha value is -1.39. The third-order valence-electron chi connectivity index (χ3n) is 4.15. The molecule has 1 N–H and O–H groups in total. The zero-order valence-corrected chi connectivity index (χ0v) is 12.0. The molecule has 20 heavy (non-hydrogen) atoms. The quantitative estimate of drug-likeness (QED) is 0.909. The van der Waals surface area contributed by atoms with E-state index in [0.717, 1.165) is 38.1 Å². The van der Waals surface area contributed by atoms with Gasteiger partial charge in [-0.05, 0) is 37.8 Å². The first-order valence-corrected chi connectivity index (χ1v) is 7.48. The Morgan fingerprint density at radius 1 is 1.45 bits per heavy atom. The molecule has 108 valence electrons. The van der Waals surface area contributed by atoms with Crippen LogP contribution < -0.4 is 10.2 Å². The molecule has 0 radical (unpaired) electrons. The molecule has 0 unspecified atom stereocenters. The van der Waals surface area contributed by atoms with Crippen LogP contribution in [-0.4, -0.2) is 37.7 Å². The Bertz CT molecular complexity index is 483. The average molecular weight is 274 g/mol. The topological polar surface area (TPSA) is 41.6 Å². The minimum absolute atomic E-state index is 0.153. The molecular formula is C16H22N2O2. The van der Waals surface area contributed by atoms with Gasteiger partial charge in [0.2, 0.25) is 5.91 Å². The Morgan fingerprint density at radius 3 is 3.10 bits per heavy atom. The minimum atomic E-state index is 0.153. The van der Waals surface area contributed by atoms with Crippen LogP contribution in [0.15, 0.2) is 24.3 Å². The van der Waals surface area contributed by atoms with E-state index in [4.69, 9.17) is 4.74 Å². The molecule has 2 aliphatic rings. The molecule has 1 aromatic carbocycles. The molecule has 1 amide bonds. The Balaban J connectivity index is 1.56. The second-order valence-electron chi connectivity index (χ2n) is 5.71. The van der Waals surface area contributed by atoms with E-state index in [-0.39, 0.29) is 18.1 Å². The van der Waals surface area contributed by atoms with Crippen molar-refractivity contribution in [2.45, 2.75) is 38.3 Å². The monoisotopic (exact) mass is 274 g/mol. The van der Waals surface area contributed by atoms with Crippen LogP contribution in [0.5, 0.6) is 0 Å². The van der Waals surface area contributed by atoms with Gasteiger partial charge in [0.1, 0.15) is 0 Å². The summed E-state index contributed by atoms with van der Waals surface area (Å²) in [6.07, 6.45) is 3.47. The molecule has 2 atom stereocenters. The summed E-state index contributed by atoms with van der Waals surface area (Å²) >= 11 is 0. The van der Waals surface area contributed by atoms with Crippen molar-refractivity contribution in [3.8, 4) is 0 Å². The number of nitrogens with zero attached hydrogens (tertiary/aromatic N) is 1. The SMILES string of the molecule is C[C@@H]1Cc2ccccc2N1C(=O)CNC[C@@H]1CCCO1. The maximum absolute atomic E-state index is 12.4. The fraction of sp³-hybridized carbons (Fsp3) is 0.562. The van der Waals surface area contributed by atoms with E-state index in [1.807, 2.05) is 23.1 Å². The fourth-order valence-electron chi connectivity index (χ4n) is 3.18. The lowest BCUT2D eigenvalue weighted by Crippen LogP contribution is -2.43. The summed E-state index contributed by atoms with van der Waals surface area (Å²) in [4.78, 5) is 14.3. The summed E-state index contributed by atoms with van der Waals surface area (Å²) in [6, 6.07) is 8.44. The average Bonchev–Trinajstić information content (AvgIpc) is 3.04. The lowest BCUT2D eigenvalue weighted by Gasteiger charge is -2.23. The van der Waals surface area contributed by atoms with Gasteiger partial charge in [0.05, 0.1) is 12.6 Å². The molecule has 1 saturated heterocycles. The van der Waals surface area contributed by atoms with E-state index in [2.05, 4.69) is 18.3 Å². The van der Waals surface area contributed by atoms with Crippen molar-refractivity contribution in [2.24, 2.45) is 0 Å². The second-order valence-corrected chi connectivity index (χ2v) is 5.71. The van der Waals surface area contributed by atoms with Gasteiger partial charge in [-0.3, -0.25) is 4.79 Å². The summed E-state index contributed by atoms with van der Waals surface area (Å²) in [5.74, 6) is 0.153. The molecule has 4 heteroatoms. The highest BCUT2D eigenvalue weighted by Crippen LogP contribution is 2.31. The molecular weight excluding hydrogens is 252 g/mol. The van der Waals surface area contributed by atoms with Crippen LogP contribution in [0.4, 0.5) is 5.69 Å². The van der Waals surface area contributed by atoms with Crippen molar-refractivity contribution in [1.82, 2.24) is 5.32 Å². The minimum Gasteiger partial charge on any atom is -0.377 e. The van der Waals surface area contributed by atoms with Crippen molar-refractivity contribution >= 4 is 11.6 Å². The Labute approximate surface area is 120 Å². The van der Waals surface area contributed by atoms with Gasteiger partial charge < -0.3 is 15.0 Å². The molecule has 3 rings (SSSR count). The number of amides is 1. The molecule has 0 spiro atoms. The first-order valence-electron chi connectivity index (χ1n) is 7.48. The normalized spacial score (nSPS) is 24.9. The number of fused-ring (bicyclic) bond motifs is 1. The van der Waals surface area contributed by atoms with E-state index >= 15 is 0 Å². The lowest BCUT2D eigenvalue weighted by molar-refractivity contribution is -0.118. The largest absolute Gasteiger partial charge is 0.377 e. The molecule has 0 bridgehead atoms. The molecule has 0 aliphatic carbocycles. The van der Waals surface area contributed by atoms with E-state index in [1.54, 1.807) is 0 Å². The van der Waals surface area contributed by atoms with Crippen molar-refractivity contribution in [2.75, 3.05) is 24.6 Å². The summed E-state index contributed by atoms with van der Waals surface area (Å²) in [5, 5.41) is 3.24. The van der Waals surface area contributed by atoms with Crippen LogP contribution in [0.3, 0.4) is 0 Å². The van der Waals surface area contributed by atoms with Gasteiger partial charge in [-0.25, -0.2) is 0 Å². The number of nitrogens with one attached hydrogen (secondary N) is 1. The highest BCUT2D eigenvalue weighted by atomic mass is 16.5. The van der Waals surface area contributed by atoms with Crippen LogP contribution in [0, 0.1) is 0 Å². The molecule has 4 nitrogen and oxygen atoms in total. The molecule has 1 aromatic rings. The first kappa shape index (κ1) is 13.6. The van der Waals surface area contributed by atoms with Gasteiger partial charge in [-0.2, -0.15) is 0 Å². The third-order valence-corrected chi connectivity index (χ3v) is 4.15. The van der Waals surface area contributed by atoms with E-state index in [9.17, 15) is 4.79 Å². The molecule has 1 fully saturated rings. The number of rotatable bonds is 4.